The highest BCUT2D eigenvalue weighted by Gasteiger charge is 2.23. The van der Waals surface area contributed by atoms with Gasteiger partial charge in [0.25, 0.3) is 0 Å². The van der Waals surface area contributed by atoms with Crippen molar-refractivity contribution in [3.05, 3.63) is 24.0 Å². The molecule has 6 nitrogen and oxygen atoms in total. The second-order valence-electron chi connectivity index (χ2n) is 6.71. The van der Waals surface area contributed by atoms with Gasteiger partial charge in [0.2, 0.25) is 5.91 Å². The Balaban J connectivity index is 1.92. The van der Waals surface area contributed by atoms with E-state index < -0.39 is 0 Å². The third-order valence-corrected chi connectivity index (χ3v) is 4.51. The summed E-state index contributed by atoms with van der Waals surface area (Å²) in [7, 11) is 1.93. The van der Waals surface area contributed by atoms with Gasteiger partial charge in [-0.15, -0.1) is 0 Å². The van der Waals surface area contributed by atoms with Crippen molar-refractivity contribution in [2.45, 2.75) is 45.8 Å². The first-order chi connectivity index (χ1) is 11.5. The number of carbonyl (C=O) groups excluding carboxylic acids is 2. The molecule has 1 saturated heterocycles. The maximum atomic E-state index is 12.7. The van der Waals surface area contributed by atoms with Crippen molar-refractivity contribution in [1.29, 1.82) is 0 Å². The zero-order valence-corrected chi connectivity index (χ0v) is 14.6. The van der Waals surface area contributed by atoms with Crippen LogP contribution in [0.4, 0.5) is 0 Å². The van der Waals surface area contributed by atoms with Crippen molar-refractivity contribution in [3.63, 3.8) is 0 Å². The number of hydrogen-bond acceptors (Lipinski definition) is 3. The Morgan fingerprint density at radius 3 is 2.54 bits per heavy atom. The van der Waals surface area contributed by atoms with Crippen molar-refractivity contribution in [3.8, 4) is 0 Å². The lowest BCUT2D eigenvalue weighted by Gasteiger charge is -2.27. The first-order valence-corrected chi connectivity index (χ1v) is 8.60. The molecule has 3 rings (SSSR count). The number of rotatable bonds is 4. The van der Waals surface area contributed by atoms with Gasteiger partial charge in [-0.3, -0.25) is 4.79 Å². The van der Waals surface area contributed by atoms with E-state index in [2.05, 4.69) is 0 Å². The van der Waals surface area contributed by atoms with Crippen molar-refractivity contribution in [2.24, 2.45) is 7.05 Å². The highest BCUT2D eigenvalue weighted by atomic mass is 16.5. The Labute approximate surface area is 142 Å². The van der Waals surface area contributed by atoms with Gasteiger partial charge in [-0.05, 0) is 45.2 Å². The third-order valence-electron chi connectivity index (χ3n) is 4.51. The SMILES string of the molecule is CC(C)OC(=O)c1cc2c(ccn2C)n1CC(=O)N1CCCCC1. The number of amides is 1. The van der Waals surface area contributed by atoms with Crippen LogP contribution in [0.25, 0.3) is 11.0 Å². The summed E-state index contributed by atoms with van der Waals surface area (Å²) < 4.78 is 9.09. The number of fused-ring (bicyclic) bond motifs is 1. The maximum absolute atomic E-state index is 12.7. The van der Waals surface area contributed by atoms with Gasteiger partial charge in [-0.25, -0.2) is 4.79 Å². The van der Waals surface area contributed by atoms with E-state index in [0.717, 1.165) is 37.0 Å². The van der Waals surface area contributed by atoms with E-state index in [1.54, 1.807) is 4.57 Å². The molecular weight excluding hydrogens is 306 g/mol. The molecule has 2 aromatic heterocycles. The Bertz CT molecular complexity index is 751. The smallest absolute Gasteiger partial charge is 0.355 e. The van der Waals surface area contributed by atoms with Crippen molar-refractivity contribution in [2.75, 3.05) is 13.1 Å². The second kappa shape index (κ2) is 6.71. The van der Waals surface area contributed by atoms with E-state index in [-0.39, 0.29) is 24.5 Å². The van der Waals surface area contributed by atoms with Crippen LogP contribution in [0, 0.1) is 0 Å². The minimum Gasteiger partial charge on any atom is -0.458 e. The highest BCUT2D eigenvalue weighted by Crippen LogP contribution is 2.22. The summed E-state index contributed by atoms with van der Waals surface area (Å²) in [6, 6.07) is 3.74. The monoisotopic (exact) mass is 331 g/mol. The van der Waals surface area contributed by atoms with E-state index in [4.69, 9.17) is 4.74 Å². The molecule has 3 heterocycles. The van der Waals surface area contributed by atoms with Crippen LogP contribution in [0.2, 0.25) is 0 Å². The van der Waals surface area contributed by atoms with Gasteiger partial charge in [-0.2, -0.15) is 0 Å². The zero-order valence-electron chi connectivity index (χ0n) is 14.6. The normalized spacial score (nSPS) is 15.2. The summed E-state index contributed by atoms with van der Waals surface area (Å²) in [5.74, 6) is -0.317. The fourth-order valence-electron chi connectivity index (χ4n) is 3.26. The largest absolute Gasteiger partial charge is 0.458 e. The fraction of sp³-hybridized carbons (Fsp3) is 0.556. The molecule has 1 amide bonds. The third kappa shape index (κ3) is 3.18. The van der Waals surface area contributed by atoms with E-state index in [1.807, 2.05) is 48.7 Å². The number of likely N-dealkylation sites (tertiary alicyclic amines) is 1. The fourth-order valence-corrected chi connectivity index (χ4v) is 3.26. The zero-order chi connectivity index (χ0) is 17.3. The molecule has 0 N–H and O–H groups in total. The summed E-state index contributed by atoms with van der Waals surface area (Å²) in [5, 5.41) is 0. The number of nitrogens with zero attached hydrogens (tertiary/aromatic N) is 3. The number of hydrogen-bond donors (Lipinski definition) is 0. The number of aryl methyl sites for hydroxylation is 1. The molecule has 0 radical (unpaired) electrons. The number of carbonyl (C=O) groups is 2. The standard InChI is InChI=1S/C18H25N3O3/c1-13(2)24-18(23)16-11-15-14(7-10-19(15)3)21(16)12-17(22)20-8-5-4-6-9-20/h7,10-11,13H,4-6,8-9,12H2,1-3H3. The van der Waals surface area contributed by atoms with Gasteiger partial charge in [0.05, 0.1) is 17.1 Å². The van der Waals surface area contributed by atoms with Crippen LogP contribution in [-0.4, -0.2) is 45.1 Å². The van der Waals surface area contributed by atoms with E-state index in [0.29, 0.717) is 5.69 Å². The van der Waals surface area contributed by atoms with Gasteiger partial charge in [0.1, 0.15) is 12.2 Å². The van der Waals surface area contributed by atoms with Crippen LogP contribution in [0.15, 0.2) is 18.3 Å². The number of aromatic nitrogens is 2. The Morgan fingerprint density at radius 1 is 1.17 bits per heavy atom. The number of piperidine rings is 1. The van der Waals surface area contributed by atoms with Crippen molar-refractivity contribution in [1.82, 2.24) is 14.0 Å². The molecule has 0 unspecified atom stereocenters. The molecule has 1 aliphatic rings. The molecule has 1 fully saturated rings. The van der Waals surface area contributed by atoms with Crippen molar-refractivity contribution < 1.29 is 14.3 Å². The summed E-state index contributed by atoms with van der Waals surface area (Å²) in [4.78, 5) is 27.0. The summed E-state index contributed by atoms with van der Waals surface area (Å²) >= 11 is 0. The van der Waals surface area contributed by atoms with E-state index >= 15 is 0 Å². The molecule has 130 valence electrons. The summed E-state index contributed by atoms with van der Waals surface area (Å²) in [6.07, 6.45) is 5.04. The van der Waals surface area contributed by atoms with Crippen LogP contribution in [0.5, 0.6) is 0 Å². The molecule has 24 heavy (non-hydrogen) atoms. The molecule has 1 aliphatic heterocycles. The predicted octanol–water partition coefficient (Wildman–Crippen LogP) is 2.56. The van der Waals surface area contributed by atoms with Crippen molar-refractivity contribution >= 4 is 22.9 Å². The quantitative estimate of drug-likeness (QED) is 0.809. The molecule has 0 atom stereocenters. The Hall–Kier alpha value is -2.24. The lowest BCUT2D eigenvalue weighted by Crippen LogP contribution is -2.38. The topological polar surface area (TPSA) is 56.5 Å². The molecule has 6 heteroatoms. The average Bonchev–Trinajstić information content (AvgIpc) is 3.08. The van der Waals surface area contributed by atoms with Gasteiger partial charge in [0, 0.05) is 26.3 Å². The Morgan fingerprint density at radius 2 is 1.88 bits per heavy atom. The molecule has 0 bridgehead atoms. The average molecular weight is 331 g/mol. The molecular formula is C18H25N3O3. The van der Waals surface area contributed by atoms with Crippen LogP contribution in [-0.2, 0) is 23.1 Å². The van der Waals surface area contributed by atoms with Gasteiger partial charge in [0.15, 0.2) is 0 Å². The Kier molecular flexibility index (Phi) is 4.64. The maximum Gasteiger partial charge on any atom is 0.355 e. The summed E-state index contributed by atoms with van der Waals surface area (Å²) in [6.45, 7) is 5.44. The van der Waals surface area contributed by atoms with E-state index in [9.17, 15) is 9.59 Å². The first-order valence-electron chi connectivity index (χ1n) is 8.60. The number of ether oxygens (including phenoxy) is 1. The van der Waals surface area contributed by atoms with Crippen LogP contribution in [0.1, 0.15) is 43.6 Å². The van der Waals surface area contributed by atoms with Gasteiger partial charge >= 0.3 is 5.97 Å². The molecule has 0 saturated carbocycles. The van der Waals surface area contributed by atoms with Crippen LogP contribution < -0.4 is 0 Å². The highest BCUT2D eigenvalue weighted by molar-refractivity contribution is 5.96. The molecule has 0 aromatic carbocycles. The summed E-state index contributed by atoms with van der Waals surface area (Å²) in [5.41, 5.74) is 2.26. The molecule has 0 aliphatic carbocycles. The van der Waals surface area contributed by atoms with Gasteiger partial charge in [-0.1, -0.05) is 0 Å². The van der Waals surface area contributed by atoms with E-state index in [1.165, 1.54) is 6.42 Å². The van der Waals surface area contributed by atoms with Gasteiger partial charge < -0.3 is 18.8 Å². The minimum absolute atomic E-state index is 0.0645. The minimum atomic E-state index is -0.382. The van der Waals surface area contributed by atoms with Crippen LogP contribution in [0.3, 0.4) is 0 Å². The molecule has 2 aromatic rings. The molecule has 0 spiro atoms. The lowest BCUT2D eigenvalue weighted by molar-refractivity contribution is -0.132. The lowest BCUT2D eigenvalue weighted by atomic mass is 10.1. The predicted molar refractivity (Wildman–Crippen MR) is 91.9 cm³/mol. The second-order valence-corrected chi connectivity index (χ2v) is 6.71. The van der Waals surface area contributed by atoms with Crippen LogP contribution >= 0.6 is 0 Å². The number of esters is 1. The first kappa shape index (κ1) is 16.6.